The van der Waals surface area contributed by atoms with E-state index in [4.69, 9.17) is 5.11 Å². The molecule has 0 amide bonds. The van der Waals surface area contributed by atoms with Crippen molar-refractivity contribution in [3.8, 4) is 17.1 Å². The van der Waals surface area contributed by atoms with Gasteiger partial charge in [-0.1, -0.05) is 13.3 Å². The highest BCUT2D eigenvalue weighted by molar-refractivity contribution is 7.84. The second-order valence-corrected chi connectivity index (χ2v) is 9.61. The molecule has 208 valence electrons. The van der Waals surface area contributed by atoms with Gasteiger partial charge in [0.2, 0.25) is 0 Å². The first-order valence-electron chi connectivity index (χ1n) is 11.3. The second kappa shape index (κ2) is 12.2. The average Bonchev–Trinajstić information content (AvgIpc) is 2.85. The number of nitrogens with zero attached hydrogens (tertiary/aromatic N) is 4. The molecule has 4 rings (SSSR count). The molecule has 4 aromatic rings. The smallest absolute Gasteiger partial charge is 0.425 e. The van der Waals surface area contributed by atoms with Crippen molar-refractivity contribution in [1.29, 1.82) is 0 Å². The van der Waals surface area contributed by atoms with E-state index in [-0.39, 0.29) is 23.3 Å². The Morgan fingerprint density at radius 2 is 1.82 bits per heavy atom. The summed E-state index contributed by atoms with van der Waals surface area (Å²) in [6.45, 7) is 1.82. The number of H-pyrrole nitrogens is 1. The molecule has 0 radical (unpaired) electrons. The summed E-state index contributed by atoms with van der Waals surface area (Å²) in [5, 5.41) is 13.9. The molecule has 2 N–H and O–H groups in total. The summed E-state index contributed by atoms with van der Waals surface area (Å²) in [5.74, 6) is -1.68. The van der Waals surface area contributed by atoms with Crippen molar-refractivity contribution in [2.75, 3.05) is 6.26 Å². The van der Waals surface area contributed by atoms with Crippen LogP contribution in [0.15, 0.2) is 57.5 Å². The van der Waals surface area contributed by atoms with Crippen LogP contribution >= 0.6 is 0 Å². The lowest BCUT2D eigenvalue weighted by atomic mass is 10.1. The number of benzene rings is 1. The van der Waals surface area contributed by atoms with Crippen LogP contribution in [0.1, 0.15) is 25.3 Å². The van der Waals surface area contributed by atoms with Gasteiger partial charge in [0, 0.05) is 24.8 Å². The Morgan fingerprint density at radius 1 is 1.15 bits per heavy atom. The summed E-state index contributed by atoms with van der Waals surface area (Å²) in [4.78, 5) is 31.6. The van der Waals surface area contributed by atoms with Crippen molar-refractivity contribution in [1.82, 2.24) is 24.7 Å². The fourth-order valence-electron chi connectivity index (χ4n) is 3.51. The Morgan fingerprint density at radius 3 is 2.36 bits per heavy atom. The number of alkyl halides is 4. The molecule has 2 unspecified atom stereocenters. The lowest BCUT2D eigenvalue weighted by Gasteiger charge is -2.11. The number of rotatable bonds is 6. The zero-order valence-electron chi connectivity index (χ0n) is 20.5. The summed E-state index contributed by atoms with van der Waals surface area (Å²) in [7, 11) is -1.23. The molecule has 3 heterocycles. The van der Waals surface area contributed by atoms with Crippen LogP contribution in [0.5, 0.6) is 5.75 Å². The third kappa shape index (κ3) is 7.10. The monoisotopic (exact) mass is 571 g/mol. The van der Waals surface area contributed by atoms with Gasteiger partial charge in [-0.3, -0.25) is 13.8 Å². The Hall–Kier alpha value is -4.01. The minimum atomic E-state index is -4.86. The van der Waals surface area contributed by atoms with Crippen molar-refractivity contribution in [2.24, 2.45) is 0 Å². The number of hydrogen-bond donors (Lipinski definition) is 2. The van der Waals surface area contributed by atoms with Crippen molar-refractivity contribution in [3.63, 3.8) is 0 Å². The molecule has 0 saturated carbocycles. The minimum Gasteiger partial charge on any atom is -0.505 e. The molecule has 0 bridgehead atoms. The van der Waals surface area contributed by atoms with E-state index in [9.17, 15) is 35.8 Å². The van der Waals surface area contributed by atoms with Crippen LogP contribution in [0.2, 0.25) is 0 Å². The number of hydrogen-bond acceptors (Lipinski definition) is 7. The van der Waals surface area contributed by atoms with Crippen molar-refractivity contribution >= 4 is 21.6 Å². The van der Waals surface area contributed by atoms with E-state index in [1.807, 2.05) is 6.92 Å². The minimum absolute atomic E-state index is 0.0509. The Labute approximate surface area is 219 Å². The normalized spacial score (nSPS) is 13.0. The van der Waals surface area contributed by atoms with E-state index < -0.39 is 51.4 Å². The van der Waals surface area contributed by atoms with Gasteiger partial charge >= 0.3 is 6.18 Å². The molecule has 0 aliphatic heterocycles. The Balaban J connectivity index is 0.000000293. The van der Waals surface area contributed by atoms with Crippen LogP contribution in [0.3, 0.4) is 0 Å². The van der Waals surface area contributed by atoms with E-state index in [1.165, 1.54) is 35.5 Å². The highest BCUT2D eigenvalue weighted by Crippen LogP contribution is 2.31. The van der Waals surface area contributed by atoms with E-state index in [0.29, 0.717) is 29.3 Å². The highest BCUT2D eigenvalue weighted by Gasteiger charge is 2.37. The number of pyridine rings is 1. The van der Waals surface area contributed by atoms with E-state index >= 15 is 0 Å². The van der Waals surface area contributed by atoms with Gasteiger partial charge < -0.3 is 9.67 Å². The topological polar surface area (TPSA) is 131 Å². The van der Waals surface area contributed by atoms with Gasteiger partial charge in [0.05, 0.1) is 39.4 Å². The van der Waals surface area contributed by atoms with E-state index in [1.54, 1.807) is 11.2 Å². The molecule has 0 aliphatic rings. The van der Waals surface area contributed by atoms with Gasteiger partial charge in [0.15, 0.2) is 17.1 Å². The van der Waals surface area contributed by atoms with Crippen LogP contribution in [-0.2, 0) is 23.5 Å². The first-order chi connectivity index (χ1) is 18.3. The number of halogens is 5. The number of aromatic nitrogens is 5. The summed E-state index contributed by atoms with van der Waals surface area (Å²) in [6.07, 6.45) is 1.38. The maximum Gasteiger partial charge on any atom is 0.425 e. The second-order valence-electron chi connectivity index (χ2n) is 8.23. The van der Waals surface area contributed by atoms with Crippen molar-refractivity contribution in [2.45, 2.75) is 43.6 Å². The van der Waals surface area contributed by atoms with Gasteiger partial charge in [0.25, 0.3) is 11.1 Å². The number of aromatic hydroxyl groups is 1. The lowest BCUT2D eigenvalue weighted by molar-refractivity contribution is -0.140. The van der Waals surface area contributed by atoms with Crippen LogP contribution in [0.4, 0.5) is 22.0 Å². The average molecular weight is 572 g/mol. The van der Waals surface area contributed by atoms with Gasteiger partial charge in [-0.05, 0) is 30.0 Å². The molecule has 1 aromatic carbocycles. The predicted molar refractivity (Wildman–Crippen MR) is 133 cm³/mol. The molecular weight excluding hydrogens is 549 g/mol. The third-order valence-corrected chi connectivity index (χ3v) is 6.26. The van der Waals surface area contributed by atoms with Crippen molar-refractivity contribution < 1.29 is 31.3 Å². The summed E-state index contributed by atoms with van der Waals surface area (Å²) >= 11 is 0. The molecule has 0 saturated heterocycles. The van der Waals surface area contributed by atoms with Gasteiger partial charge in [-0.2, -0.15) is 18.3 Å². The SMILES string of the molecule is CCCC(F)Cn1ccc2cc(-c3ncc(S(C)=O)cn3)c(F)cc2c1=O.O=c1[nH]ncc(O)c1C(F)(F)F. The zero-order valence-corrected chi connectivity index (χ0v) is 21.3. The molecule has 15 heteroatoms. The van der Waals surface area contributed by atoms with Crippen LogP contribution in [-0.4, -0.2) is 46.5 Å². The molecule has 2 atom stereocenters. The zero-order chi connectivity index (χ0) is 28.9. The molecule has 3 aromatic heterocycles. The Kier molecular flexibility index (Phi) is 9.27. The molecular formula is C24H22F5N5O4S. The molecule has 0 aliphatic carbocycles. The molecule has 9 nitrogen and oxygen atoms in total. The fourth-order valence-corrected chi connectivity index (χ4v) is 3.91. The first-order valence-corrected chi connectivity index (χ1v) is 12.9. The van der Waals surface area contributed by atoms with Crippen LogP contribution in [0, 0.1) is 5.82 Å². The van der Waals surface area contributed by atoms with E-state index in [2.05, 4.69) is 15.1 Å². The standard InChI is InChI=1S/C19H19F2N3O2S.C5H3F3N2O2/c1-3-4-13(20)11-24-6-5-12-7-16(17(21)8-15(12)19(24)25)18-22-9-14(10-23-18)27(2)26;6-5(7,8)3-2(11)1-9-10-4(3)12/h5-10,13H,3-4,11H2,1-2H3;1H,(H2,10,11,12). The predicted octanol–water partition coefficient (Wildman–Crippen LogP) is 3.97. The van der Waals surface area contributed by atoms with Crippen LogP contribution in [0.25, 0.3) is 22.2 Å². The quantitative estimate of drug-likeness (QED) is 0.335. The molecule has 39 heavy (non-hydrogen) atoms. The lowest BCUT2D eigenvalue weighted by Crippen LogP contribution is -2.24. The van der Waals surface area contributed by atoms with E-state index in [0.717, 1.165) is 6.07 Å². The highest BCUT2D eigenvalue weighted by atomic mass is 32.2. The maximum atomic E-state index is 14.6. The summed E-state index contributed by atoms with van der Waals surface area (Å²) in [5.41, 5.74) is -3.38. The largest absolute Gasteiger partial charge is 0.505 e. The molecule has 0 fully saturated rings. The number of aromatic amines is 1. The fraction of sp³-hybridized carbons (Fsp3) is 0.292. The van der Waals surface area contributed by atoms with Gasteiger partial charge in [-0.25, -0.2) is 23.8 Å². The number of fused-ring (bicyclic) bond motifs is 1. The van der Waals surface area contributed by atoms with Crippen molar-refractivity contribution in [3.05, 3.63) is 75.1 Å². The first kappa shape index (κ1) is 29.5. The summed E-state index contributed by atoms with van der Waals surface area (Å²) < 4.78 is 76.8. The molecule has 0 spiro atoms. The van der Waals surface area contributed by atoms with Gasteiger partial charge in [-0.15, -0.1) is 0 Å². The van der Waals surface area contributed by atoms with Gasteiger partial charge in [0.1, 0.15) is 12.0 Å². The Bertz CT molecular complexity index is 1610. The summed E-state index contributed by atoms with van der Waals surface area (Å²) in [6, 6.07) is 4.27. The van der Waals surface area contributed by atoms with Crippen LogP contribution < -0.4 is 11.1 Å². The third-order valence-electron chi connectivity index (χ3n) is 5.38. The maximum absolute atomic E-state index is 14.6. The number of nitrogens with one attached hydrogen (secondary N) is 1.